The van der Waals surface area contributed by atoms with Crippen molar-refractivity contribution in [2.45, 2.75) is 6.36 Å². The fourth-order valence-electron chi connectivity index (χ4n) is 0.942. The molecule has 0 bridgehead atoms. The average Bonchev–Trinajstić information content (AvgIpc) is 2.17. The molecule has 16 heavy (non-hydrogen) atoms. The number of halogens is 4. The van der Waals surface area contributed by atoms with Crippen LogP contribution in [0.4, 0.5) is 13.2 Å². The zero-order chi connectivity index (χ0) is 12.2. The summed E-state index contributed by atoms with van der Waals surface area (Å²) in [6.07, 6.45) is -4.70. The van der Waals surface area contributed by atoms with Crippen LogP contribution in [0.25, 0.3) is 0 Å². The summed E-state index contributed by atoms with van der Waals surface area (Å²) in [7, 11) is 0. The maximum absolute atomic E-state index is 11.9. The Hall–Kier alpha value is -0.560. The molecule has 0 amide bonds. The summed E-state index contributed by atoms with van der Waals surface area (Å²) < 4.78 is 45.0. The quantitative estimate of drug-likeness (QED) is 0.855. The van der Waals surface area contributed by atoms with Gasteiger partial charge in [-0.15, -0.1) is 13.2 Å². The van der Waals surface area contributed by atoms with Crippen molar-refractivity contribution in [3.8, 4) is 11.5 Å². The van der Waals surface area contributed by atoms with Gasteiger partial charge >= 0.3 is 6.36 Å². The third-order valence-electron chi connectivity index (χ3n) is 1.49. The van der Waals surface area contributed by atoms with Crippen LogP contribution in [0.2, 0.25) is 0 Å². The Morgan fingerprint density at radius 1 is 1.31 bits per heavy atom. The lowest BCUT2D eigenvalue weighted by Gasteiger charge is -2.11. The molecule has 2 nitrogen and oxygen atoms in total. The third-order valence-corrected chi connectivity index (χ3v) is 2.29. The van der Waals surface area contributed by atoms with Crippen LogP contribution in [0.3, 0.4) is 0 Å². The molecule has 0 saturated heterocycles. The Bertz CT molecular complexity index is 357. The molecular weight excluding hydrogens is 309 g/mol. The highest BCUT2D eigenvalue weighted by atomic mass is 79.9. The van der Waals surface area contributed by atoms with Gasteiger partial charge in [0.2, 0.25) is 0 Å². The van der Waals surface area contributed by atoms with Crippen LogP contribution in [0.15, 0.2) is 22.7 Å². The van der Waals surface area contributed by atoms with E-state index in [1.807, 2.05) is 0 Å². The minimum absolute atomic E-state index is 0.182. The van der Waals surface area contributed by atoms with Crippen molar-refractivity contribution < 1.29 is 22.6 Å². The highest BCUT2D eigenvalue weighted by molar-refractivity contribution is 9.10. The minimum Gasteiger partial charge on any atom is -0.493 e. The molecule has 0 heterocycles. The van der Waals surface area contributed by atoms with Gasteiger partial charge in [0, 0.05) is 5.75 Å². The van der Waals surface area contributed by atoms with E-state index in [2.05, 4.69) is 33.3 Å². The molecule has 7 heteroatoms. The van der Waals surface area contributed by atoms with Crippen LogP contribution in [0, 0.1) is 0 Å². The summed E-state index contributed by atoms with van der Waals surface area (Å²) in [5.74, 6) is 0.680. The molecule has 1 aromatic carbocycles. The lowest BCUT2D eigenvalue weighted by atomic mass is 10.3. The largest absolute Gasteiger partial charge is 0.573 e. The summed E-state index contributed by atoms with van der Waals surface area (Å²) in [6, 6.07) is 3.99. The molecule has 0 spiro atoms. The topological polar surface area (TPSA) is 18.5 Å². The molecule has 0 aliphatic heterocycles. The smallest absolute Gasteiger partial charge is 0.493 e. The van der Waals surface area contributed by atoms with E-state index in [4.69, 9.17) is 4.74 Å². The zero-order valence-electron chi connectivity index (χ0n) is 7.92. The van der Waals surface area contributed by atoms with Crippen LogP contribution >= 0.6 is 28.6 Å². The monoisotopic (exact) mass is 316 g/mol. The first kappa shape index (κ1) is 13.5. The maximum atomic E-state index is 11.9. The van der Waals surface area contributed by atoms with Crippen molar-refractivity contribution in [2.75, 3.05) is 12.4 Å². The molecule has 0 unspecified atom stereocenters. The van der Waals surface area contributed by atoms with Gasteiger partial charge in [0.1, 0.15) is 11.5 Å². The molecule has 0 saturated carbocycles. The average molecular weight is 317 g/mol. The molecule has 0 radical (unpaired) electrons. The Kier molecular flexibility index (Phi) is 4.79. The second-order valence-electron chi connectivity index (χ2n) is 2.71. The van der Waals surface area contributed by atoms with E-state index in [9.17, 15) is 13.2 Å². The molecular formula is C9H8BrF3O2S. The van der Waals surface area contributed by atoms with Gasteiger partial charge in [0.05, 0.1) is 11.1 Å². The SMILES string of the molecule is FC(F)(F)Oc1ccc(OCCS)cc1Br. The van der Waals surface area contributed by atoms with Gasteiger partial charge in [-0.05, 0) is 34.1 Å². The van der Waals surface area contributed by atoms with Crippen LogP contribution in [-0.2, 0) is 0 Å². The number of alkyl halides is 3. The summed E-state index contributed by atoms with van der Waals surface area (Å²) in [5.41, 5.74) is 0. The normalized spacial score (nSPS) is 11.3. The predicted octanol–water partition coefficient (Wildman–Crippen LogP) is 3.66. The molecule has 1 aromatic rings. The Labute approximate surface area is 104 Å². The number of hydrogen-bond donors (Lipinski definition) is 1. The molecule has 0 atom stereocenters. The third kappa shape index (κ3) is 4.52. The summed E-state index contributed by atoms with van der Waals surface area (Å²) in [4.78, 5) is 0. The van der Waals surface area contributed by atoms with E-state index in [0.29, 0.717) is 18.1 Å². The summed E-state index contributed by atoms with van der Waals surface area (Å²) in [6.45, 7) is 0.384. The van der Waals surface area contributed by atoms with Crippen LogP contribution in [0.1, 0.15) is 0 Å². The Balaban J connectivity index is 2.75. The first-order valence-corrected chi connectivity index (χ1v) is 5.64. The van der Waals surface area contributed by atoms with E-state index in [1.165, 1.54) is 18.2 Å². The fraction of sp³-hybridized carbons (Fsp3) is 0.333. The van der Waals surface area contributed by atoms with Crippen molar-refractivity contribution >= 4 is 28.6 Å². The Morgan fingerprint density at radius 3 is 2.50 bits per heavy atom. The van der Waals surface area contributed by atoms with Gasteiger partial charge in [-0.25, -0.2) is 0 Å². The first-order valence-electron chi connectivity index (χ1n) is 4.21. The molecule has 0 aliphatic carbocycles. The van der Waals surface area contributed by atoms with E-state index < -0.39 is 6.36 Å². The molecule has 0 fully saturated rings. The van der Waals surface area contributed by atoms with Crippen molar-refractivity contribution in [1.29, 1.82) is 0 Å². The number of benzene rings is 1. The van der Waals surface area contributed by atoms with Crippen LogP contribution in [0.5, 0.6) is 11.5 Å². The molecule has 0 N–H and O–H groups in total. The van der Waals surface area contributed by atoms with Crippen molar-refractivity contribution in [3.63, 3.8) is 0 Å². The zero-order valence-corrected chi connectivity index (χ0v) is 10.4. The predicted molar refractivity (Wildman–Crippen MR) is 60.2 cm³/mol. The second kappa shape index (κ2) is 5.67. The van der Waals surface area contributed by atoms with E-state index in [1.54, 1.807) is 0 Å². The lowest BCUT2D eigenvalue weighted by molar-refractivity contribution is -0.274. The second-order valence-corrected chi connectivity index (χ2v) is 4.01. The number of thiol groups is 1. The molecule has 1 rings (SSSR count). The van der Waals surface area contributed by atoms with E-state index in [-0.39, 0.29) is 10.2 Å². The van der Waals surface area contributed by atoms with E-state index in [0.717, 1.165) is 0 Å². The number of hydrogen-bond acceptors (Lipinski definition) is 3. The van der Waals surface area contributed by atoms with Crippen LogP contribution in [-0.4, -0.2) is 18.7 Å². The maximum Gasteiger partial charge on any atom is 0.573 e. The van der Waals surface area contributed by atoms with Crippen molar-refractivity contribution in [2.24, 2.45) is 0 Å². The van der Waals surface area contributed by atoms with Crippen LogP contribution < -0.4 is 9.47 Å². The van der Waals surface area contributed by atoms with Gasteiger partial charge in [0.25, 0.3) is 0 Å². The molecule has 0 aliphatic rings. The van der Waals surface area contributed by atoms with Gasteiger partial charge in [-0.2, -0.15) is 12.6 Å². The van der Waals surface area contributed by atoms with Crippen molar-refractivity contribution in [3.05, 3.63) is 22.7 Å². The van der Waals surface area contributed by atoms with Gasteiger partial charge in [-0.3, -0.25) is 0 Å². The first-order chi connectivity index (χ1) is 7.42. The summed E-state index contributed by atoms with van der Waals surface area (Å²) >= 11 is 6.91. The van der Waals surface area contributed by atoms with Gasteiger partial charge in [0.15, 0.2) is 0 Å². The minimum atomic E-state index is -4.70. The highest BCUT2D eigenvalue weighted by Crippen LogP contribution is 2.33. The van der Waals surface area contributed by atoms with Crippen molar-refractivity contribution in [1.82, 2.24) is 0 Å². The summed E-state index contributed by atoms with van der Waals surface area (Å²) in [5, 5.41) is 0. The lowest BCUT2D eigenvalue weighted by Crippen LogP contribution is -2.17. The highest BCUT2D eigenvalue weighted by Gasteiger charge is 2.31. The van der Waals surface area contributed by atoms with Gasteiger partial charge < -0.3 is 9.47 Å². The fourth-order valence-corrected chi connectivity index (χ4v) is 1.47. The van der Waals surface area contributed by atoms with E-state index >= 15 is 0 Å². The Morgan fingerprint density at radius 2 is 2.00 bits per heavy atom. The number of ether oxygens (including phenoxy) is 2. The molecule has 90 valence electrons. The van der Waals surface area contributed by atoms with Gasteiger partial charge in [-0.1, -0.05) is 0 Å². The molecule has 0 aromatic heterocycles. The number of rotatable bonds is 4. The standard InChI is InChI=1S/C9H8BrF3O2S/c10-7-5-6(14-3-4-16)1-2-8(7)15-9(11,12)13/h1-2,5,16H,3-4H2.